The van der Waals surface area contributed by atoms with Gasteiger partial charge in [-0.15, -0.1) is 0 Å². The van der Waals surface area contributed by atoms with E-state index in [0.717, 1.165) is 64.4 Å². The van der Waals surface area contributed by atoms with Gasteiger partial charge in [0.1, 0.15) is 7.22 Å². The van der Waals surface area contributed by atoms with E-state index in [1.807, 2.05) is 0 Å². The lowest BCUT2D eigenvalue weighted by atomic mass is 10.00. The molecule has 29 heavy (non-hydrogen) atoms. The first-order chi connectivity index (χ1) is 13.8. The molecule has 0 atom stereocenters. The van der Waals surface area contributed by atoms with Crippen LogP contribution in [0.4, 0.5) is 0 Å². The molecule has 3 nitrogen and oxygen atoms in total. The van der Waals surface area contributed by atoms with Crippen LogP contribution in [0.3, 0.4) is 0 Å². The summed E-state index contributed by atoms with van der Waals surface area (Å²) in [4.78, 5) is 0. The molecule has 0 radical (unpaired) electrons. The molecule has 6 heteroatoms. The Morgan fingerprint density at radius 3 is 1.34 bits per heavy atom. The number of hydrogen-bond acceptors (Lipinski definition) is 4. The van der Waals surface area contributed by atoms with Crippen molar-refractivity contribution in [3.63, 3.8) is 0 Å². The highest BCUT2D eigenvalue weighted by Crippen LogP contribution is 2.40. The van der Waals surface area contributed by atoms with Gasteiger partial charge in [0.2, 0.25) is 0 Å². The van der Waals surface area contributed by atoms with Crippen LogP contribution in [-0.2, 0) is 13.3 Å². The van der Waals surface area contributed by atoms with Crippen LogP contribution in [0, 0.1) is 5.41 Å². The Morgan fingerprint density at radius 2 is 1.03 bits per heavy atom. The molecular weight excluding hydrogens is 412 g/mol. The van der Waals surface area contributed by atoms with Gasteiger partial charge in [0.25, 0.3) is 0 Å². The lowest BCUT2D eigenvalue weighted by Crippen LogP contribution is -2.50. The van der Waals surface area contributed by atoms with E-state index >= 15 is 0 Å². The minimum absolute atomic E-state index is 0.166. The molecule has 0 unspecified atom stereocenters. The third-order valence-corrected chi connectivity index (χ3v) is 19.5. The van der Waals surface area contributed by atoms with Crippen molar-refractivity contribution in [1.82, 2.24) is 0 Å². The van der Waals surface area contributed by atoms with E-state index in [1.54, 1.807) is 0 Å². The molecule has 0 N–H and O–H groups in total. The molecule has 0 heterocycles. The first-order valence-corrected chi connectivity index (χ1v) is 18.6. The summed E-state index contributed by atoms with van der Waals surface area (Å²) in [5.74, 6) is 1.19. The van der Waals surface area contributed by atoms with Crippen LogP contribution in [0.15, 0.2) is 0 Å². The maximum Gasteiger partial charge on any atom is 0.501 e. The summed E-state index contributed by atoms with van der Waals surface area (Å²) in [5, 5.41) is 0. The lowest BCUT2D eigenvalue weighted by Gasteiger charge is -2.38. The van der Waals surface area contributed by atoms with Crippen molar-refractivity contribution in [1.29, 1.82) is 0 Å². The van der Waals surface area contributed by atoms with Gasteiger partial charge in [0.15, 0.2) is 0 Å². The molecule has 0 aliphatic carbocycles. The summed E-state index contributed by atoms with van der Waals surface area (Å²) in [5.41, 5.74) is 0.166. The van der Waals surface area contributed by atoms with Gasteiger partial charge in [0.05, 0.1) is 0 Å². The Labute approximate surface area is 189 Å². The van der Waals surface area contributed by atoms with Crippen molar-refractivity contribution in [3.05, 3.63) is 0 Å². The minimum Gasteiger partial charge on any atom is -0.373 e. The summed E-state index contributed by atoms with van der Waals surface area (Å²) >= 11 is 2.30. The molecule has 176 valence electrons. The Morgan fingerprint density at radius 1 is 0.655 bits per heavy atom. The van der Waals surface area contributed by atoms with Crippen molar-refractivity contribution in [2.45, 2.75) is 118 Å². The Bertz CT molecular complexity index is 356. The quantitative estimate of drug-likeness (QED) is 0.134. The molecule has 0 aromatic carbocycles. The molecular formula is C23H52O3SSi2. The minimum atomic E-state index is -2.67. The molecule has 0 aromatic rings. The SMILES string of the molecule is CCCCO[Si](CC(C)(C)CS[Si](CC)(CC)CC)(OCCCC)OCCCC. The van der Waals surface area contributed by atoms with Gasteiger partial charge in [0, 0.05) is 25.9 Å². The first-order valence-electron chi connectivity index (χ1n) is 12.3. The average molecular weight is 465 g/mol. The largest absolute Gasteiger partial charge is 0.501 e. The molecule has 0 fully saturated rings. The second-order valence-corrected chi connectivity index (χ2v) is 20.3. The van der Waals surface area contributed by atoms with Crippen molar-refractivity contribution in [3.8, 4) is 0 Å². The predicted molar refractivity (Wildman–Crippen MR) is 137 cm³/mol. The topological polar surface area (TPSA) is 27.7 Å². The normalized spacial score (nSPS) is 13.2. The molecule has 0 rings (SSSR count). The van der Waals surface area contributed by atoms with E-state index in [-0.39, 0.29) is 5.41 Å². The molecule has 0 saturated carbocycles. The smallest absolute Gasteiger partial charge is 0.373 e. The zero-order chi connectivity index (χ0) is 22.2. The van der Waals surface area contributed by atoms with Gasteiger partial charge in [-0.1, -0.05) is 92.8 Å². The van der Waals surface area contributed by atoms with Gasteiger partial charge in [-0.05, 0) is 30.4 Å². The predicted octanol–water partition coefficient (Wildman–Crippen LogP) is 8.14. The van der Waals surface area contributed by atoms with Crippen molar-refractivity contribution in [2.24, 2.45) is 5.41 Å². The van der Waals surface area contributed by atoms with E-state index in [9.17, 15) is 0 Å². The van der Waals surface area contributed by atoms with Gasteiger partial charge < -0.3 is 13.3 Å². The van der Waals surface area contributed by atoms with E-state index in [0.29, 0.717) is 0 Å². The standard InChI is InChI=1S/C23H52O3SSi2/c1-9-15-18-24-29(25-19-16-10-2,26-20-17-11-3)22-23(7,8)21-27-28(12-4,13-5)14-6/h9-22H2,1-8H3. The monoisotopic (exact) mass is 464 g/mol. The molecule has 0 amide bonds. The fourth-order valence-electron chi connectivity index (χ4n) is 3.44. The first kappa shape index (κ1) is 29.7. The van der Waals surface area contributed by atoms with E-state index in [2.05, 4.69) is 66.6 Å². The van der Waals surface area contributed by atoms with Crippen molar-refractivity contribution >= 4 is 27.2 Å². The summed E-state index contributed by atoms with van der Waals surface area (Å²) in [6.07, 6.45) is 6.67. The molecule has 0 saturated heterocycles. The van der Waals surface area contributed by atoms with E-state index < -0.39 is 16.0 Å². The van der Waals surface area contributed by atoms with Crippen LogP contribution >= 0.6 is 11.2 Å². The van der Waals surface area contributed by atoms with Gasteiger partial charge in [-0.3, -0.25) is 0 Å². The Kier molecular flexibility index (Phi) is 16.7. The number of hydrogen-bond donors (Lipinski definition) is 0. The van der Waals surface area contributed by atoms with Crippen LogP contribution in [0.1, 0.15) is 93.9 Å². The van der Waals surface area contributed by atoms with Crippen LogP contribution in [0.2, 0.25) is 24.2 Å². The van der Waals surface area contributed by atoms with Gasteiger partial charge in [-0.25, -0.2) is 0 Å². The number of rotatable bonds is 20. The highest BCUT2D eigenvalue weighted by atomic mass is 32.4. The van der Waals surface area contributed by atoms with Crippen LogP contribution in [0.5, 0.6) is 0 Å². The zero-order valence-electron chi connectivity index (χ0n) is 21.0. The third kappa shape index (κ3) is 12.3. The average Bonchev–Trinajstić information content (AvgIpc) is 2.70. The van der Waals surface area contributed by atoms with E-state index in [4.69, 9.17) is 13.3 Å². The second-order valence-electron chi connectivity index (χ2n) is 9.16. The van der Waals surface area contributed by atoms with Crippen LogP contribution < -0.4 is 0 Å². The van der Waals surface area contributed by atoms with Gasteiger partial charge >= 0.3 is 8.80 Å². The molecule has 0 aromatic heterocycles. The summed E-state index contributed by atoms with van der Waals surface area (Å²) in [6, 6.07) is 5.05. The fraction of sp³-hybridized carbons (Fsp3) is 1.00. The molecule has 0 spiro atoms. The van der Waals surface area contributed by atoms with Crippen molar-refractivity contribution < 1.29 is 13.3 Å². The maximum absolute atomic E-state index is 6.51. The number of unbranched alkanes of at least 4 members (excludes halogenated alkanes) is 3. The Hall–Kier alpha value is 0.664. The van der Waals surface area contributed by atoms with Gasteiger partial charge in [-0.2, -0.15) is 11.2 Å². The van der Waals surface area contributed by atoms with Crippen molar-refractivity contribution in [2.75, 3.05) is 25.6 Å². The molecule has 0 aliphatic heterocycles. The summed E-state index contributed by atoms with van der Waals surface area (Å²) in [7, 11) is -3.85. The lowest BCUT2D eigenvalue weighted by molar-refractivity contribution is 0.0491. The van der Waals surface area contributed by atoms with E-state index in [1.165, 1.54) is 23.9 Å². The maximum atomic E-state index is 6.51. The highest BCUT2D eigenvalue weighted by Gasteiger charge is 2.46. The van der Waals surface area contributed by atoms with Crippen LogP contribution in [0.25, 0.3) is 0 Å². The highest BCUT2D eigenvalue weighted by molar-refractivity contribution is 8.29. The fourth-order valence-corrected chi connectivity index (χ4v) is 13.7. The van der Waals surface area contributed by atoms with Crippen LogP contribution in [-0.4, -0.2) is 41.6 Å². The molecule has 0 bridgehead atoms. The summed E-state index contributed by atoms with van der Waals surface area (Å²) in [6.45, 7) is 20.9. The third-order valence-electron chi connectivity index (χ3n) is 5.86. The zero-order valence-corrected chi connectivity index (χ0v) is 23.8. The molecule has 0 aliphatic rings. The summed E-state index contributed by atoms with van der Waals surface area (Å²) < 4.78 is 19.5. The Balaban J connectivity index is 5.34. The second kappa shape index (κ2) is 16.3.